The second-order valence-electron chi connectivity index (χ2n) is 5.48. The minimum absolute atomic E-state index is 0.0234. The third kappa shape index (κ3) is 3.64. The maximum Gasteiger partial charge on any atom is 0.0628 e. The first kappa shape index (κ1) is 16.0. The number of nitrogens with two attached hydrogens (primary N) is 1. The van der Waals surface area contributed by atoms with Gasteiger partial charge in [0.1, 0.15) is 0 Å². The fourth-order valence-electron chi connectivity index (χ4n) is 2.80. The molecule has 3 N–H and O–H groups in total. The topological polar surface area (TPSA) is 44.5 Å². The van der Waals surface area contributed by atoms with E-state index in [2.05, 4.69) is 29.3 Å². The van der Waals surface area contributed by atoms with Gasteiger partial charge in [0.15, 0.2) is 0 Å². The molecule has 1 fully saturated rings. The van der Waals surface area contributed by atoms with Gasteiger partial charge in [-0.05, 0) is 51.3 Å². The van der Waals surface area contributed by atoms with Crippen molar-refractivity contribution in [2.24, 2.45) is 5.84 Å². The van der Waals surface area contributed by atoms with Crippen LogP contribution in [-0.4, -0.2) is 49.6 Å². The first-order chi connectivity index (χ1) is 9.52. The zero-order valence-electron chi connectivity index (χ0n) is 11.9. The van der Waals surface area contributed by atoms with Crippen LogP contribution in [-0.2, 0) is 0 Å². The molecule has 0 bridgehead atoms. The number of nitrogens with zero attached hydrogens (tertiary/aromatic N) is 2. The lowest BCUT2D eigenvalue weighted by atomic mass is 9.98. The van der Waals surface area contributed by atoms with Crippen LogP contribution in [0, 0.1) is 0 Å². The van der Waals surface area contributed by atoms with Crippen molar-refractivity contribution in [2.45, 2.75) is 18.5 Å². The van der Waals surface area contributed by atoms with Gasteiger partial charge in [0.2, 0.25) is 0 Å². The molecule has 1 heterocycles. The Hall–Kier alpha value is -0.360. The molecular weight excluding hydrogens is 295 g/mol. The zero-order chi connectivity index (χ0) is 14.7. The molecule has 112 valence electrons. The molecule has 2 rings (SSSR count). The molecule has 6 heteroatoms. The molecule has 20 heavy (non-hydrogen) atoms. The number of hydrazine groups is 1. The molecule has 1 aromatic rings. The van der Waals surface area contributed by atoms with Crippen molar-refractivity contribution < 1.29 is 0 Å². The van der Waals surface area contributed by atoms with Gasteiger partial charge in [0.25, 0.3) is 0 Å². The molecule has 2 unspecified atom stereocenters. The number of rotatable bonds is 3. The van der Waals surface area contributed by atoms with Crippen LogP contribution in [0.3, 0.4) is 0 Å². The van der Waals surface area contributed by atoms with Crippen molar-refractivity contribution in [1.29, 1.82) is 0 Å². The van der Waals surface area contributed by atoms with Gasteiger partial charge in [-0.1, -0.05) is 29.3 Å². The highest BCUT2D eigenvalue weighted by Crippen LogP contribution is 2.28. The van der Waals surface area contributed by atoms with Crippen molar-refractivity contribution in [3.8, 4) is 0 Å². The Bertz CT molecular complexity index is 455. The third-order valence-corrected chi connectivity index (χ3v) is 4.72. The van der Waals surface area contributed by atoms with E-state index in [0.717, 1.165) is 25.2 Å². The van der Waals surface area contributed by atoms with Gasteiger partial charge in [-0.15, -0.1) is 0 Å². The second kappa shape index (κ2) is 7.07. The highest BCUT2D eigenvalue weighted by molar-refractivity contribution is 6.42. The first-order valence-corrected chi connectivity index (χ1v) is 7.58. The van der Waals surface area contributed by atoms with Crippen LogP contribution in [0.1, 0.15) is 18.0 Å². The number of nitrogens with one attached hydrogen (secondary N) is 1. The minimum Gasteiger partial charge on any atom is -0.305 e. The van der Waals surface area contributed by atoms with Crippen LogP contribution in [0.25, 0.3) is 0 Å². The van der Waals surface area contributed by atoms with Gasteiger partial charge in [0.05, 0.1) is 16.1 Å². The molecule has 0 radical (unpaired) electrons. The Morgan fingerprint density at radius 1 is 1.25 bits per heavy atom. The Kier molecular flexibility index (Phi) is 5.66. The van der Waals surface area contributed by atoms with Gasteiger partial charge in [0, 0.05) is 12.6 Å². The maximum absolute atomic E-state index is 6.13. The summed E-state index contributed by atoms with van der Waals surface area (Å²) in [5.41, 5.74) is 4.01. The molecule has 4 nitrogen and oxygen atoms in total. The van der Waals surface area contributed by atoms with Gasteiger partial charge in [-0.3, -0.25) is 11.3 Å². The highest BCUT2D eigenvalue weighted by atomic mass is 35.5. The molecule has 1 aliphatic rings. The highest BCUT2D eigenvalue weighted by Gasteiger charge is 2.29. The van der Waals surface area contributed by atoms with Crippen molar-refractivity contribution in [1.82, 2.24) is 15.2 Å². The van der Waals surface area contributed by atoms with E-state index in [1.54, 1.807) is 0 Å². The SMILES string of the molecule is CN1CCCN(C)C(C(NN)c2ccc(Cl)c(Cl)c2)C1. The summed E-state index contributed by atoms with van der Waals surface area (Å²) >= 11 is 12.1. The summed E-state index contributed by atoms with van der Waals surface area (Å²) in [5.74, 6) is 5.81. The number of hydrogen-bond donors (Lipinski definition) is 2. The van der Waals surface area contributed by atoms with Gasteiger partial charge in [-0.25, -0.2) is 0 Å². The van der Waals surface area contributed by atoms with Gasteiger partial charge >= 0.3 is 0 Å². The number of hydrogen-bond acceptors (Lipinski definition) is 4. The second-order valence-corrected chi connectivity index (χ2v) is 6.30. The molecule has 0 amide bonds. The molecule has 1 saturated heterocycles. The zero-order valence-corrected chi connectivity index (χ0v) is 13.5. The fraction of sp³-hybridized carbons (Fsp3) is 0.571. The summed E-state index contributed by atoms with van der Waals surface area (Å²) < 4.78 is 0. The summed E-state index contributed by atoms with van der Waals surface area (Å²) in [5, 5.41) is 1.13. The average molecular weight is 317 g/mol. The quantitative estimate of drug-likeness (QED) is 0.662. The van der Waals surface area contributed by atoms with E-state index in [4.69, 9.17) is 29.0 Å². The smallest absolute Gasteiger partial charge is 0.0628 e. The van der Waals surface area contributed by atoms with Crippen molar-refractivity contribution in [2.75, 3.05) is 33.7 Å². The van der Waals surface area contributed by atoms with E-state index >= 15 is 0 Å². The van der Waals surface area contributed by atoms with Crippen molar-refractivity contribution in [3.63, 3.8) is 0 Å². The van der Waals surface area contributed by atoms with E-state index in [1.807, 2.05) is 18.2 Å². The summed E-state index contributed by atoms with van der Waals surface area (Å²) in [6, 6.07) is 6.02. The van der Waals surface area contributed by atoms with Crippen LogP contribution < -0.4 is 11.3 Å². The predicted molar refractivity (Wildman–Crippen MR) is 85.1 cm³/mol. The van der Waals surface area contributed by atoms with Crippen LogP contribution in [0.4, 0.5) is 0 Å². The van der Waals surface area contributed by atoms with Crippen LogP contribution >= 0.6 is 23.2 Å². The Morgan fingerprint density at radius 3 is 2.65 bits per heavy atom. The van der Waals surface area contributed by atoms with Gasteiger partial charge in [-0.2, -0.15) is 0 Å². The lowest BCUT2D eigenvalue weighted by Gasteiger charge is -2.34. The lowest BCUT2D eigenvalue weighted by molar-refractivity contribution is 0.178. The molecule has 1 aliphatic heterocycles. The summed E-state index contributed by atoms with van der Waals surface area (Å²) in [4.78, 5) is 4.70. The molecule has 1 aromatic carbocycles. The summed E-state index contributed by atoms with van der Waals surface area (Å²) in [7, 11) is 4.29. The third-order valence-electron chi connectivity index (χ3n) is 3.98. The van der Waals surface area contributed by atoms with E-state index in [9.17, 15) is 0 Å². The van der Waals surface area contributed by atoms with Crippen LogP contribution in [0.5, 0.6) is 0 Å². The standard InChI is InChI=1S/C14H22Cl2N4/c1-19-6-3-7-20(2)13(9-19)14(18-17)10-4-5-11(15)12(16)8-10/h4-5,8,13-14,18H,3,6-7,9,17H2,1-2H3. The number of likely N-dealkylation sites (N-methyl/N-ethyl adjacent to an activating group) is 2. The average Bonchev–Trinajstić information content (AvgIpc) is 2.57. The lowest BCUT2D eigenvalue weighted by Crippen LogP contribution is -2.48. The monoisotopic (exact) mass is 316 g/mol. The molecule has 2 atom stereocenters. The predicted octanol–water partition coefficient (Wildman–Crippen LogP) is 2.13. The summed E-state index contributed by atoms with van der Waals surface area (Å²) in [6.45, 7) is 3.14. The summed E-state index contributed by atoms with van der Waals surface area (Å²) in [6.07, 6.45) is 1.17. The maximum atomic E-state index is 6.13. The molecule has 0 aromatic heterocycles. The fourth-order valence-corrected chi connectivity index (χ4v) is 3.11. The van der Waals surface area contributed by atoms with Crippen LogP contribution in [0.2, 0.25) is 10.0 Å². The van der Waals surface area contributed by atoms with Crippen molar-refractivity contribution >= 4 is 23.2 Å². The Labute approximate surface area is 130 Å². The molecular formula is C14H22Cl2N4. The molecule has 0 spiro atoms. The molecule has 0 saturated carbocycles. The number of halogens is 2. The van der Waals surface area contributed by atoms with E-state index in [-0.39, 0.29) is 6.04 Å². The largest absolute Gasteiger partial charge is 0.305 e. The van der Waals surface area contributed by atoms with Crippen molar-refractivity contribution in [3.05, 3.63) is 33.8 Å². The van der Waals surface area contributed by atoms with E-state index < -0.39 is 0 Å². The van der Waals surface area contributed by atoms with Gasteiger partial charge < -0.3 is 9.80 Å². The minimum atomic E-state index is 0.0234. The van der Waals surface area contributed by atoms with Crippen LogP contribution in [0.15, 0.2) is 18.2 Å². The normalized spacial score (nSPS) is 23.6. The number of benzene rings is 1. The Morgan fingerprint density at radius 2 is 2.00 bits per heavy atom. The Balaban J connectivity index is 2.27. The van der Waals surface area contributed by atoms with E-state index in [0.29, 0.717) is 16.1 Å². The van der Waals surface area contributed by atoms with E-state index in [1.165, 1.54) is 6.42 Å². The first-order valence-electron chi connectivity index (χ1n) is 6.82. The molecule has 0 aliphatic carbocycles.